The summed E-state index contributed by atoms with van der Waals surface area (Å²) in [7, 11) is 0. The number of carbonyl (C=O) groups is 1. The molecule has 0 aromatic heterocycles. The third-order valence-corrected chi connectivity index (χ3v) is 3.11. The Kier molecular flexibility index (Phi) is 4.99. The highest BCUT2D eigenvalue weighted by Gasteiger charge is 1.98. The summed E-state index contributed by atoms with van der Waals surface area (Å²) < 4.78 is 0. The van der Waals surface area contributed by atoms with Gasteiger partial charge in [-0.05, 0) is 47.7 Å². The summed E-state index contributed by atoms with van der Waals surface area (Å²) >= 11 is 1.09. The molecule has 0 radical (unpaired) electrons. The fraction of sp³-hybridized carbons (Fsp3) is 0. The van der Waals surface area contributed by atoms with E-state index in [4.69, 9.17) is 5.26 Å². The standard InChI is InChI=1S/C16H12N2OS/c17-12-20-15-9-7-14(8-10-15)18-16(19)11-6-13-4-2-1-3-5-13/h1-11H,(H,18,19)/b11-6+. The van der Waals surface area contributed by atoms with E-state index >= 15 is 0 Å². The van der Waals surface area contributed by atoms with Crippen molar-refractivity contribution in [1.29, 1.82) is 5.26 Å². The van der Waals surface area contributed by atoms with Crippen LogP contribution in [0.3, 0.4) is 0 Å². The molecule has 0 aliphatic rings. The number of benzene rings is 2. The molecule has 4 heteroatoms. The lowest BCUT2D eigenvalue weighted by Gasteiger charge is -2.02. The van der Waals surface area contributed by atoms with Gasteiger partial charge in [0.25, 0.3) is 0 Å². The van der Waals surface area contributed by atoms with E-state index < -0.39 is 0 Å². The number of amides is 1. The molecule has 98 valence electrons. The molecule has 0 aliphatic carbocycles. The SMILES string of the molecule is N#CSc1ccc(NC(=O)/C=C/c2ccccc2)cc1. The highest BCUT2D eigenvalue weighted by Crippen LogP contribution is 2.18. The molecule has 2 aromatic carbocycles. The summed E-state index contributed by atoms with van der Waals surface area (Å²) in [6.45, 7) is 0. The number of nitrogens with one attached hydrogen (secondary N) is 1. The number of thioether (sulfide) groups is 1. The average molecular weight is 280 g/mol. The van der Waals surface area contributed by atoms with Crippen LogP contribution in [-0.4, -0.2) is 5.91 Å². The molecule has 0 fully saturated rings. The number of hydrogen-bond donors (Lipinski definition) is 1. The Morgan fingerprint density at radius 3 is 2.45 bits per heavy atom. The van der Waals surface area contributed by atoms with Gasteiger partial charge in [-0.3, -0.25) is 4.79 Å². The predicted octanol–water partition coefficient (Wildman–Crippen LogP) is 3.91. The van der Waals surface area contributed by atoms with Crippen LogP contribution in [-0.2, 0) is 4.79 Å². The van der Waals surface area contributed by atoms with Crippen molar-refractivity contribution in [2.45, 2.75) is 4.90 Å². The molecule has 2 aromatic rings. The number of carbonyl (C=O) groups excluding carboxylic acids is 1. The maximum absolute atomic E-state index is 11.7. The van der Waals surface area contributed by atoms with Gasteiger partial charge in [0.05, 0.1) is 0 Å². The van der Waals surface area contributed by atoms with Crippen LogP contribution >= 0.6 is 11.8 Å². The minimum Gasteiger partial charge on any atom is -0.323 e. The van der Waals surface area contributed by atoms with E-state index in [1.54, 1.807) is 30.3 Å². The van der Waals surface area contributed by atoms with Crippen LogP contribution in [0.2, 0.25) is 0 Å². The van der Waals surface area contributed by atoms with E-state index in [0.717, 1.165) is 22.2 Å². The summed E-state index contributed by atoms with van der Waals surface area (Å²) in [6, 6.07) is 16.8. The van der Waals surface area contributed by atoms with Crippen LogP contribution < -0.4 is 5.32 Å². The van der Waals surface area contributed by atoms with E-state index in [1.807, 2.05) is 35.7 Å². The molecule has 1 amide bonds. The van der Waals surface area contributed by atoms with Crippen LogP contribution in [0.1, 0.15) is 5.56 Å². The average Bonchev–Trinajstić information content (AvgIpc) is 2.49. The second-order valence-electron chi connectivity index (χ2n) is 3.95. The summed E-state index contributed by atoms with van der Waals surface area (Å²) in [6.07, 6.45) is 3.25. The molecule has 0 aliphatic heterocycles. The van der Waals surface area contributed by atoms with E-state index in [0.29, 0.717) is 5.69 Å². The predicted molar refractivity (Wildman–Crippen MR) is 82.0 cm³/mol. The molecule has 0 atom stereocenters. The smallest absolute Gasteiger partial charge is 0.248 e. The number of nitriles is 1. The zero-order valence-corrected chi connectivity index (χ0v) is 11.4. The Morgan fingerprint density at radius 1 is 1.10 bits per heavy atom. The highest BCUT2D eigenvalue weighted by molar-refractivity contribution is 8.03. The van der Waals surface area contributed by atoms with Crippen molar-refractivity contribution < 1.29 is 4.79 Å². The first-order valence-corrected chi connectivity index (χ1v) is 6.80. The van der Waals surface area contributed by atoms with Crippen molar-refractivity contribution >= 4 is 29.4 Å². The largest absolute Gasteiger partial charge is 0.323 e. The fourth-order valence-electron chi connectivity index (χ4n) is 1.58. The number of rotatable bonds is 4. The normalized spacial score (nSPS) is 10.2. The Bertz CT molecular complexity index is 642. The van der Waals surface area contributed by atoms with Gasteiger partial charge >= 0.3 is 0 Å². The molecule has 0 spiro atoms. The van der Waals surface area contributed by atoms with Crippen LogP contribution in [0.5, 0.6) is 0 Å². The Hall–Kier alpha value is -2.51. The molecule has 0 unspecified atom stereocenters. The van der Waals surface area contributed by atoms with Gasteiger partial charge in [0.1, 0.15) is 5.40 Å². The van der Waals surface area contributed by atoms with Crippen molar-refractivity contribution in [3.63, 3.8) is 0 Å². The Balaban J connectivity index is 1.94. The first-order valence-electron chi connectivity index (χ1n) is 5.98. The summed E-state index contributed by atoms with van der Waals surface area (Å²) in [5.74, 6) is -0.186. The van der Waals surface area contributed by atoms with Crippen molar-refractivity contribution in [2.75, 3.05) is 5.32 Å². The third kappa shape index (κ3) is 4.30. The molecule has 0 saturated carbocycles. The first kappa shape index (κ1) is 13.9. The van der Waals surface area contributed by atoms with Gasteiger partial charge in [-0.15, -0.1) is 0 Å². The van der Waals surface area contributed by atoms with Crippen molar-refractivity contribution in [3.8, 4) is 5.40 Å². The van der Waals surface area contributed by atoms with Crippen LogP contribution in [0.15, 0.2) is 65.6 Å². The van der Waals surface area contributed by atoms with E-state index in [1.165, 1.54) is 6.08 Å². The Morgan fingerprint density at radius 2 is 1.80 bits per heavy atom. The molecule has 20 heavy (non-hydrogen) atoms. The number of thiocyanates is 1. The second-order valence-corrected chi connectivity index (χ2v) is 4.81. The van der Waals surface area contributed by atoms with Crippen LogP contribution in [0.25, 0.3) is 6.08 Å². The molecule has 0 heterocycles. The summed E-state index contributed by atoms with van der Waals surface area (Å²) in [5, 5.41) is 13.3. The van der Waals surface area contributed by atoms with Crippen LogP contribution in [0.4, 0.5) is 5.69 Å². The molecule has 3 nitrogen and oxygen atoms in total. The lowest BCUT2D eigenvalue weighted by atomic mass is 10.2. The maximum Gasteiger partial charge on any atom is 0.248 e. The molecule has 0 bridgehead atoms. The third-order valence-electron chi connectivity index (χ3n) is 2.51. The minimum atomic E-state index is -0.186. The second kappa shape index (κ2) is 7.17. The quantitative estimate of drug-likeness (QED) is 0.525. The molecule has 1 N–H and O–H groups in total. The maximum atomic E-state index is 11.7. The number of hydrogen-bond acceptors (Lipinski definition) is 3. The fourth-order valence-corrected chi connectivity index (χ4v) is 1.96. The molecular formula is C16H12N2OS. The summed E-state index contributed by atoms with van der Waals surface area (Å²) in [4.78, 5) is 12.6. The lowest BCUT2D eigenvalue weighted by Crippen LogP contribution is -2.07. The highest BCUT2D eigenvalue weighted by atomic mass is 32.2. The van der Waals surface area contributed by atoms with E-state index in [2.05, 4.69) is 5.32 Å². The van der Waals surface area contributed by atoms with E-state index in [9.17, 15) is 4.79 Å². The van der Waals surface area contributed by atoms with Crippen molar-refractivity contribution in [1.82, 2.24) is 0 Å². The van der Waals surface area contributed by atoms with Gasteiger partial charge in [0, 0.05) is 16.7 Å². The van der Waals surface area contributed by atoms with E-state index in [-0.39, 0.29) is 5.91 Å². The van der Waals surface area contributed by atoms with Gasteiger partial charge < -0.3 is 5.32 Å². The monoisotopic (exact) mass is 280 g/mol. The van der Waals surface area contributed by atoms with Crippen molar-refractivity contribution in [2.24, 2.45) is 0 Å². The first-order chi connectivity index (χ1) is 9.78. The van der Waals surface area contributed by atoms with Crippen LogP contribution in [0, 0.1) is 10.7 Å². The van der Waals surface area contributed by atoms with Gasteiger partial charge in [0.2, 0.25) is 5.91 Å². The van der Waals surface area contributed by atoms with Gasteiger partial charge in [-0.2, -0.15) is 5.26 Å². The molecular weight excluding hydrogens is 268 g/mol. The zero-order chi connectivity index (χ0) is 14.2. The zero-order valence-electron chi connectivity index (χ0n) is 10.6. The van der Waals surface area contributed by atoms with Crippen molar-refractivity contribution in [3.05, 3.63) is 66.2 Å². The minimum absolute atomic E-state index is 0.186. The molecule has 0 saturated heterocycles. The topological polar surface area (TPSA) is 52.9 Å². The molecule has 2 rings (SSSR count). The number of nitrogens with zero attached hydrogens (tertiary/aromatic N) is 1. The lowest BCUT2D eigenvalue weighted by molar-refractivity contribution is -0.111. The summed E-state index contributed by atoms with van der Waals surface area (Å²) in [5.41, 5.74) is 1.68. The Labute approximate surface area is 121 Å². The van der Waals surface area contributed by atoms with Gasteiger partial charge in [-0.1, -0.05) is 30.3 Å². The number of anilines is 1. The van der Waals surface area contributed by atoms with Gasteiger partial charge in [0.15, 0.2) is 0 Å². The van der Waals surface area contributed by atoms with Gasteiger partial charge in [-0.25, -0.2) is 0 Å².